The van der Waals surface area contributed by atoms with Gasteiger partial charge in [0.15, 0.2) is 5.76 Å². The summed E-state index contributed by atoms with van der Waals surface area (Å²) in [6.45, 7) is 0.672. The zero-order chi connectivity index (χ0) is 21.4. The highest BCUT2D eigenvalue weighted by Gasteiger charge is 2.21. The number of carboxylic acid groups (broad SMARTS) is 2. The molecule has 0 amide bonds. The van der Waals surface area contributed by atoms with Gasteiger partial charge in [-0.3, -0.25) is 4.79 Å². The number of hydrogen-bond acceptors (Lipinski definition) is 5. The number of rotatable bonds is 6. The molecule has 2 aromatic carbocycles. The molecule has 29 heavy (non-hydrogen) atoms. The summed E-state index contributed by atoms with van der Waals surface area (Å²) in [6.07, 6.45) is 1.12. The van der Waals surface area contributed by atoms with Crippen LogP contribution in [0.2, 0.25) is 0 Å². The fraction of sp³-hybridized carbons (Fsp3) is 0.136. The van der Waals surface area contributed by atoms with Gasteiger partial charge in [-0.25, -0.2) is 9.59 Å². The molecule has 3 rings (SSSR count). The molecule has 150 valence electrons. The first-order chi connectivity index (χ1) is 13.8. The van der Waals surface area contributed by atoms with Crippen LogP contribution in [-0.4, -0.2) is 46.9 Å². The van der Waals surface area contributed by atoms with Crippen LogP contribution >= 0.6 is 0 Å². The second-order valence-corrected chi connectivity index (χ2v) is 6.35. The molecular formula is C22H21NO6. The van der Waals surface area contributed by atoms with Crippen LogP contribution in [0.25, 0.3) is 11.0 Å². The van der Waals surface area contributed by atoms with E-state index in [0.29, 0.717) is 30.0 Å². The lowest BCUT2D eigenvalue weighted by Crippen LogP contribution is -2.13. The summed E-state index contributed by atoms with van der Waals surface area (Å²) >= 11 is 0. The standard InChI is InChI=1S/C18H17NO2.C4H4O4/c1-19(2)12-15-14-10-6-7-11-16(14)21-18(15)17(20)13-8-4-3-5-9-13;5-3(6)1-2-4(7)8/h3-11H,12H2,1-2H3;1-2H,(H,5,6)(H,7,8)/b;2-1+. The third-order valence-corrected chi connectivity index (χ3v) is 3.78. The van der Waals surface area contributed by atoms with E-state index in [0.717, 1.165) is 16.5 Å². The van der Waals surface area contributed by atoms with Crippen molar-refractivity contribution in [2.75, 3.05) is 14.1 Å². The smallest absolute Gasteiger partial charge is 0.328 e. The topological polar surface area (TPSA) is 108 Å². The molecule has 0 radical (unpaired) electrons. The first kappa shape index (κ1) is 21.6. The Morgan fingerprint density at radius 2 is 1.45 bits per heavy atom. The van der Waals surface area contributed by atoms with Crippen LogP contribution in [0.5, 0.6) is 0 Å². The van der Waals surface area contributed by atoms with Gasteiger partial charge in [0.2, 0.25) is 5.78 Å². The van der Waals surface area contributed by atoms with Crippen molar-refractivity contribution in [3.8, 4) is 0 Å². The molecule has 1 heterocycles. The molecule has 0 aliphatic heterocycles. The van der Waals surface area contributed by atoms with Gasteiger partial charge in [0.1, 0.15) is 5.58 Å². The number of benzene rings is 2. The second kappa shape index (κ2) is 10.0. The average molecular weight is 395 g/mol. The van der Waals surface area contributed by atoms with E-state index >= 15 is 0 Å². The van der Waals surface area contributed by atoms with Gasteiger partial charge in [-0.1, -0.05) is 48.5 Å². The van der Waals surface area contributed by atoms with Crippen molar-refractivity contribution >= 4 is 28.7 Å². The molecule has 0 fully saturated rings. The minimum absolute atomic E-state index is 0.0661. The Kier molecular flexibility index (Phi) is 7.45. The third kappa shape index (κ3) is 6.15. The van der Waals surface area contributed by atoms with E-state index in [1.165, 1.54) is 0 Å². The van der Waals surface area contributed by atoms with Crippen molar-refractivity contribution in [1.82, 2.24) is 4.90 Å². The van der Waals surface area contributed by atoms with Crippen LogP contribution in [-0.2, 0) is 16.1 Å². The number of hydrogen-bond donors (Lipinski definition) is 2. The van der Waals surface area contributed by atoms with Crippen LogP contribution in [0.1, 0.15) is 21.7 Å². The minimum Gasteiger partial charge on any atom is -0.478 e. The molecule has 2 N–H and O–H groups in total. The van der Waals surface area contributed by atoms with Crippen molar-refractivity contribution in [3.05, 3.63) is 83.6 Å². The van der Waals surface area contributed by atoms with Gasteiger partial charge in [0, 0.05) is 35.2 Å². The average Bonchev–Trinajstić information content (AvgIpc) is 3.05. The predicted molar refractivity (Wildman–Crippen MR) is 108 cm³/mol. The number of para-hydroxylation sites is 1. The van der Waals surface area contributed by atoms with Crippen LogP contribution in [0.15, 0.2) is 71.2 Å². The highest BCUT2D eigenvalue weighted by Crippen LogP contribution is 2.28. The van der Waals surface area contributed by atoms with E-state index < -0.39 is 11.9 Å². The first-order valence-electron chi connectivity index (χ1n) is 8.68. The fourth-order valence-electron chi connectivity index (χ4n) is 2.62. The van der Waals surface area contributed by atoms with E-state index in [2.05, 4.69) is 0 Å². The summed E-state index contributed by atoms with van der Waals surface area (Å²) in [5, 5.41) is 16.6. The summed E-state index contributed by atoms with van der Waals surface area (Å²) in [4.78, 5) is 33.9. The number of carboxylic acids is 2. The molecule has 7 nitrogen and oxygen atoms in total. The molecule has 0 atom stereocenters. The van der Waals surface area contributed by atoms with Gasteiger partial charge in [0.25, 0.3) is 0 Å². The van der Waals surface area contributed by atoms with Crippen LogP contribution in [0, 0.1) is 0 Å². The zero-order valence-electron chi connectivity index (χ0n) is 16.0. The molecule has 0 bridgehead atoms. The number of fused-ring (bicyclic) bond motifs is 1. The maximum Gasteiger partial charge on any atom is 0.328 e. The normalized spacial score (nSPS) is 10.7. The predicted octanol–water partition coefficient (Wildman–Crippen LogP) is 3.44. The first-order valence-corrected chi connectivity index (χ1v) is 8.68. The Bertz CT molecular complexity index is 1020. The Morgan fingerprint density at radius 3 is 2.00 bits per heavy atom. The van der Waals surface area contributed by atoms with Crippen LogP contribution in [0.3, 0.4) is 0 Å². The van der Waals surface area contributed by atoms with Gasteiger partial charge in [-0.2, -0.15) is 0 Å². The molecule has 0 saturated carbocycles. The monoisotopic (exact) mass is 395 g/mol. The number of carbonyl (C=O) groups is 3. The van der Waals surface area contributed by atoms with Crippen molar-refractivity contribution < 1.29 is 29.0 Å². The lowest BCUT2D eigenvalue weighted by Gasteiger charge is -2.09. The minimum atomic E-state index is -1.26. The van der Waals surface area contributed by atoms with Crippen molar-refractivity contribution in [2.45, 2.75) is 6.54 Å². The molecule has 3 aromatic rings. The zero-order valence-corrected chi connectivity index (χ0v) is 16.0. The Morgan fingerprint density at radius 1 is 0.897 bits per heavy atom. The van der Waals surface area contributed by atoms with Crippen molar-refractivity contribution in [3.63, 3.8) is 0 Å². The maximum absolute atomic E-state index is 12.7. The van der Waals surface area contributed by atoms with E-state index in [9.17, 15) is 14.4 Å². The Labute approximate surface area is 167 Å². The summed E-state index contributed by atoms with van der Waals surface area (Å²) in [5.41, 5.74) is 2.36. The molecule has 0 saturated heterocycles. The number of ketones is 1. The summed E-state index contributed by atoms with van der Waals surface area (Å²) in [7, 11) is 3.97. The maximum atomic E-state index is 12.7. The van der Waals surface area contributed by atoms with E-state index in [4.69, 9.17) is 14.6 Å². The van der Waals surface area contributed by atoms with Gasteiger partial charge in [-0.15, -0.1) is 0 Å². The SMILES string of the molecule is CN(C)Cc1c(C(=O)c2ccccc2)oc2ccccc12.O=C(O)/C=C/C(=O)O. The van der Waals surface area contributed by atoms with Gasteiger partial charge >= 0.3 is 11.9 Å². The summed E-state index contributed by atoms with van der Waals surface area (Å²) < 4.78 is 5.84. The van der Waals surface area contributed by atoms with E-state index in [-0.39, 0.29) is 5.78 Å². The second-order valence-electron chi connectivity index (χ2n) is 6.35. The molecule has 0 aliphatic carbocycles. The van der Waals surface area contributed by atoms with Crippen LogP contribution in [0.4, 0.5) is 0 Å². The van der Waals surface area contributed by atoms with Crippen LogP contribution < -0.4 is 0 Å². The highest BCUT2D eigenvalue weighted by atomic mass is 16.4. The largest absolute Gasteiger partial charge is 0.478 e. The van der Waals surface area contributed by atoms with Gasteiger partial charge in [-0.05, 0) is 20.2 Å². The number of nitrogens with zero attached hydrogens (tertiary/aromatic N) is 1. The molecule has 0 unspecified atom stereocenters. The lowest BCUT2D eigenvalue weighted by atomic mass is 10.0. The Balaban J connectivity index is 0.000000321. The van der Waals surface area contributed by atoms with Crippen molar-refractivity contribution in [2.24, 2.45) is 0 Å². The van der Waals surface area contributed by atoms with E-state index in [1.54, 1.807) is 0 Å². The lowest BCUT2D eigenvalue weighted by molar-refractivity contribution is -0.134. The Hall–Kier alpha value is -3.71. The molecule has 0 aliphatic rings. The molecule has 1 aromatic heterocycles. The molecular weight excluding hydrogens is 374 g/mol. The highest BCUT2D eigenvalue weighted by molar-refractivity contribution is 6.10. The van der Waals surface area contributed by atoms with Crippen molar-refractivity contribution in [1.29, 1.82) is 0 Å². The molecule has 0 spiro atoms. The molecule has 7 heteroatoms. The summed E-state index contributed by atoms with van der Waals surface area (Å²) in [6, 6.07) is 17.0. The van der Waals surface area contributed by atoms with Gasteiger partial charge < -0.3 is 19.5 Å². The number of carbonyl (C=O) groups excluding carboxylic acids is 1. The fourth-order valence-corrected chi connectivity index (χ4v) is 2.62. The van der Waals surface area contributed by atoms with E-state index in [1.807, 2.05) is 73.6 Å². The van der Waals surface area contributed by atoms with Gasteiger partial charge in [0.05, 0.1) is 0 Å². The number of furan rings is 1. The summed E-state index contributed by atoms with van der Waals surface area (Å²) in [5.74, 6) is -2.14. The number of aliphatic carboxylic acids is 2. The third-order valence-electron chi connectivity index (χ3n) is 3.78. The quantitative estimate of drug-likeness (QED) is 0.486.